The van der Waals surface area contributed by atoms with Gasteiger partial charge in [-0.25, -0.2) is 0 Å². The van der Waals surface area contributed by atoms with Gasteiger partial charge in [-0.05, 0) is 60.2 Å². The minimum absolute atomic E-state index is 0.814. The van der Waals surface area contributed by atoms with E-state index in [0.717, 1.165) is 34.5 Å². The third kappa shape index (κ3) is 0.605. The molecule has 0 aromatic heterocycles. The maximum absolute atomic E-state index is 2.64. The SMILES string of the molecule is CC1CC2CC3CCCC3C3(C)CC123. The van der Waals surface area contributed by atoms with Crippen molar-refractivity contribution in [2.24, 2.45) is 34.5 Å². The van der Waals surface area contributed by atoms with Gasteiger partial charge in [0, 0.05) is 0 Å². The van der Waals surface area contributed by atoms with Crippen molar-refractivity contribution in [1.82, 2.24) is 0 Å². The van der Waals surface area contributed by atoms with Crippen LogP contribution in [-0.4, -0.2) is 0 Å². The molecule has 0 N–H and O–H groups in total. The van der Waals surface area contributed by atoms with E-state index in [-0.39, 0.29) is 0 Å². The fourth-order valence-corrected chi connectivity index (χ4v) is 6.31. The normalized spacial score (nSPS) is 69.0. The van der Waals surface area contributed by atoms with Crippen LogP contribution in [0, 0.1) is 34.5 Å². The van der Waals surface area contributed by atoms with Crippen molar-refractivity contribution in [2.75, 3.05) is 0 Å². The van der Waals surface area contributed by atoms with E-state index in [2.05, 4.69) is 13.8 Å². The Bertz CT molecular complexity index is 294. The summed E-state index contributed by atoms with van der Waals surface area (Å²) in [5, 5.41) is 0. The number of rotatable bonds is 0. The summed E-state index contributed by atoms with van der Waals surface area (Å²) in [4.78, 5) is 0. The molecule has 0 amide bonds. The Morgan fingerprint density at radius 1 is 1.14 bits per heavy atom. The Hall–Kier alpha value is 0. The van der Waals surface area contributed by atoms with E-state index in [4.69, 9.17) is 0 Å². The van der Waals surface area contributed by atoms with Crippen LogP contribution in [0.25, 0.3) is 0 Å². The molecule has 6 unspecified atom stereocenters. The van der Waals surface area contributed by atoms with Gasteiger partial charge < -0.3 is 0 Å². The summed E-state index contributed by atoms with van der Waals surface area (Å²) < 4.78 is 0. The molecule has 1 spiro atoms. The fourth-order valence-electron chi connectivity index (χ4n) is 6.31. The largest absolute Gasteiger partial charge is 0.0619 e. The van der Waals surface area contributed by atoms with Crippen LogP contribution in [0.4, 0.5) is 0 Å². The van der Waals surface area contributed by atoms with Gasteiger partial charge in [0.1, 0.15) is 0 Å². The molecular formula is C14H22. The van der Waals surface area contributed by atoms with E-state index in [0.29, 0.717) is 0 Å². The first-order chi connectivity index (χ1) is 6.68. The van der Waals surface area contributed by atoms with Gasteiger partial charge >= 0.3 is 0 Å². The molecule has 0 bridgehead atoms. The summed E-state index contributed by atoms with van der Waals surface area (Å²) in [5.74, 6) is 4.51. The van der Waals surface area contributed by atoms with Crippen LogP contribution in [0.5, 0.6) is 0 Å². The van der Waals surface area contributed by atoms with E-state index < -0.39 is 0 Å². The molecule has 0 aromatic carbocycles. The van der Waals surface area contributed by atoms with Crippen LogP contribution in [-0.2, 0) is 0 Å². The van der Waals surface area contributed by atoms with Gasteiger partial charge in [0.25, 0.3) is 0 Å². The highest BCUT2D eigenvalue weighted by atomic mass is 14.8. The molecule has 0 heteroatoms. The summed E-state index contributed by atoms with van der Waals surface area (Å²) in [6.07, 6.45) is 9.47. The summed E-state index contributed by atoms with van der Waals surface area (Å²) in [5.41, 5.74) is 1.69. The van der Waals surface area contributed by atoms with Gasteiger partial charge in [0.05, 0.1) is 0 Å². The minimum atomic E-state index is 0.814. The Balaban J connectivity index is 1.75. The monoisotopic (exact) mass is 190 g/mol. The van der Waals surface area contributed by atoms with Crippen molar-refractivity contribution in [2.45, 2.75) is 52.4 Å². The highest BCUT2D eigenvalue weighted by Crippen LogP contribution is 2.86. The second-order valence-electron chi connectivity index (χ2n) is 7.00. The van der Waals surface area contributed by atoms with Crippen molar-refractivity contribution in [3.8, 4) is 0 Å². The Morgan fingerprint density at radius 2 is 2.00 bits per heavy atom. The molecule has 0 radical (unpaired) electrons. The van der Waals surface area contributed by atoms with E-state index in [1.165, 1.54) is 0 Å². The average Bonchev–Trinajstić information content (AvgIpc) is 2.61. The Kier molecular flexibility index (Phi) is 1.22. The number of hydrogen-bond acceptors (Lipinski definition) is 0. The van der Waals surface area contributed by atoms with Crippen LogP contribution in [0.1, 0.15) is 52.4 Å². The second kappa shape index (κ2) is 2.08. The summed E-state index contributed by atoms with van der Waals surface area (Å²) in [6, 6.07) is 0. The highest BCUT2D eigenvalue weighted by Gasteiger charge is 2.79. The maximum Gasteiger partial charge on any atom is -0.0181 e. The van der Waals surface area contributed by atoms with E-state index in [1.807, 2.05) is 0 Å². The van der Waals surface area contributed by atoms with Crippen molar-refractivity contribution >= 4 is 0 Å². The third-order valence-electron chi connectivity index (χ3n) is 6.91. The fraction of sp³-hybridized carbons (Fsp3) is 1.00. The topological polar surface area (TPSA) is 0 Å². The van der Waals surface area contributed by atoms with E-state index in [1.54, 1.807) is 38.5 Å². The molecule has 0 nitrogen and oxygen atoms in total. The molecule has 4 fully saturated rings. The predicted molar refractivity (Wildman–Crippen MR) is 57.9 cm³/mol. The van der Waals surface area contributed by atoms with Crippen LogP contribution < -0.4 is 0 Å². The van der Waals surface area contributed by atoms with Gasteiger partial charge in [0.15, 0.2) is 0 Å². The van der Waals surface area contributed by atoms with Crippen molar-refractivity contribution in [3.63, 3.8) is 0 Å². The quantitative estimate of drug-likeness (QED) is 0.544. The van der Waals surface area contributed by atoms with Gasteiger partial charge in [-0.3, -0.25) is 0 Å². The molecule has 14 heavy (non-hydrogen) atoms. The lowest BCUT2D eigenvalue weighted by molar-refractivity contribution is -0.0589. The first-order valence-electron chi connectivity index (χ1n) is 6.68. The van der Waals surface area contributed by atoms with Crippen molar-refractivity contribution < 1.29 is 0 Å². The van der Waals surface area contributed by atoms with Crippen molar-refractivity contribution in [3.05, 3.63) is 0 Å². The number of fused-ring (bicyclic) bond motifs is 2. The molecule has 6 atom stereocenters. The molecule has 0 aromatic rings. The lowest BCUT2D eigenvalue weighted by Crippen LogP contribution is -2.48. The smallest absolute Gasteiger partial charge is 0.0181 e. The summed E-state index contributed by atoms with van der Waals surface area (Å²) in [6.45, 7) is 5.16. The zero-order valence-corrected chi connectivity index (χ0v) is 9.55. The predicted octanol–water partition coefficient (Wildman–Crippen LogP) is 3.86. The molecule has 4 aliphatic carbocycles. The molecule has 0 aliphatic heterocycles. The molecule has 4 saturated carbocycles. The molecule has 4 rings (SSSR count). The average molecular weight is 190 g/mol. The first-order valence-corrected chi connectivity index (χ1v) is 6.68. The summed E-state index contributed by atoms with van der Waals surface area (Å²) >= 11 is 0. The molecule has 0 saturated heterocycles. The zero-order chi connectivity index (χ0) is 9.55. The van der Waals surface area contributed by atoms with Crippen LogP contribution in [0.2, 0.25) is 0 Å². The van der Waals surface area contributed by atoms with Crippen LogP contribution in [0.15, 0.2) is 0 Å². The molecule has 4 aliphatic rings. The second-order valence-corrected chi connectivity index (χ2v) is 7.00. The van der Waals surface area contributed by atoms with Crippen LogP contribution in [0.3, 0.4) is 0 Å². The number of hydrogen-bond donors (Lipinski definition) is 0. The lowest BCUT2D eigenvalue weighted by Gasteiger charge is -2.54. The molecule has 0 heterocycles. The van der Waals surface area contributed by atoms with Crippen LogP contribution >= 0.6 is 0 Å². The Labute approximate surface area is 87.5 Å². The Morgan fingerprint density at radius 3 is 2.79 bits per heavy atom. The third-order valence-corrected chi connectivity index (χ3v) is 6.91. The standard InChI is InChI=1S/C14H22/c1-9-6-11-7-10-4-3-5-12(10)13(2)8-14(9,11)13/h9-12H,3-8H2,1-2H3. The lowest BCUT2D eigenvalue weighted by atomic mass is 9.50. The minimum Gasteiger partial charge on any atom is -0.0619 e. The molecule has 78 valence electrons. The zero-order valence-electron chi connectivity index (χ0n) is 9.55. The maximum atomic E-state index is 2.64. The van der Waals surface area contributed by atoms with E-state index in [9.17, 15) is 0 Å². The van der Waals surface area contributed by atoms with Gasteiger partial charge in [-0.1, -0.05) is 26.7 Å². The van der Waals surface area contributed by atoms with Gasteiger partial charge in [-0.2, -0.15) is 0 Å². The summed E-state index contributed by atoms with van der Waals surface area (Å²) in [7, 11) is 0. The van der Waals surface area contributed by atoms with Gasteiger partial charge in [0.2, 0.25) is 0 Å². The van der Waals surface area contributed by atoms with Crippen molar-refractivity contribution in [1.29, 1.82) is 0 Å². The highest BCUT2D eigenvalue weighted by molar-refractivity contribution is 5.27. The molecular weight excluding hydrogens is 168 g/mol. The van der Waals surface area contributed by atoms with E-state index >= 15 is 0 Å². The van der Waals surface area contributed by atoms with Gasteiger partial charge in [-0.15, -0.1) is 0 Å². The first kappa shape index (κ1) is 8.19.